The molecule has 384 valence electrons. The molecule has 2 fully saturated rings. The number of hydrogen-bond acceptors (Lipinski definition) is 14. The van der Waals surface area contributed by atoms with Gasteiger partial charge in [-0.15, -0.1) is 11.3 Å². The molecule has 7 rings (SSSR count). The fourth-order valence-electron chi connectivity index (χ4n) is 8.96. The molecule has 0 bridgehead atoms. The first kappa shape index (κ1) is 53.7. The Hall–Kier alpha value is -6.07. The van der Waals surface area contributed by atoms with Gasteiger partial charge in [-0.1, -0.05) is 68.8 Å². The van der Waals surface area contributed by atoms with Crippen LogP contribution in [0.4, 0.5) is 28.8 Å². The Morgan fingerprint density at radius 3 is 2.32 bits per heavy atom. The number of anilines is 5. The fourth-order valence-corrected chi connectivity index (χ4v) is 11.1. The second kappa shape index (κ2) is 23.6. The first-order valence-corrected chi connectivity index (χ1v) is 28.1. The number of aryl methyl sites for hydroxylation is 1. The number of nitrogens with one attached hydrogen (secondary N) is 5. The predicted octanol–water partition coefficient (Wildman–Crippen LogP) is 7.76. The van der Waals surface area contributed by atoms with Crippen molar-refractivity contribution in [2.45, 2.75) is 103 Å². The summed E-state index contributed by atoms with van der Waals surface area (Å²) in [5, 5.41) is 27.1. The number of thiazole rings is 1. The van der Waals surface area contributed by atoms with Gasteiger partial charge in [0.2, 0.25) is 29.6 Å². The van der Waals surface area contributed by atoms with Crippen molar-refractivity contribution in [3.63, 3.8) is 0 Å². The minimum Gasteiger partial charge on any atom is -0.494 e. The molecule has 0 aliphatic carbocycles. The quantitative estimate of drug-likeness (QED) is 0.0345. The van der Waals surface area contributed by atoms with E-state index in [-0.39, 0.29) is 62.1 Å². The number of carbonyl (C=O) groups excluding carboxylic acids is 4. The topological polar surface area (TPSA) is 220 Å². The number of carbonyl (C=O) groups is 4. The lowest BCUT2D eigenvalue weighted by Gasteiger charge is -2.35. The van der Waals surface area contributed by atoms with Gasteiger partial charge in [0.15, 0.2) is 5.82 Å². The van der Waals surface area contributed by atoms with Gasteiger partial charge in [0.25, 0.3) is 0 Å². The number of β-amino-alcohol motifs (C(OH)–C–C–N with tert-alkyl or cyclic N) is 1. The lowest BCUT2D eigenvalue weighted by Crippen LogP contribution is -2.57. The van der Waals surface area contributed by atoms with Crippen molar-refractivity contribution in [1.29, 1.82) is 0 Å². The summed E-state index contributed by atoms with van der Waals surface area (Å²) >= 11 is 8.04. The third-order valence-electron chi connectivity index (χ3n) is 12.9. The van der Waals surface area contributed by atoms with Gasteiger partial charge in [0, 0.05) is 68.5 Å². The average molecular weight is 1040 g/mol. The molecular weight excluding hydrogens is 975 g/mol. The standard InChI is InChI=1S/C52H66ClN10O7PS/c1-32-46(72-31-56-32)34-18-16-33(17-19-34)28-54-49(67)41-27-37(64)30-63(41)50(68)47(52(2,3)4)60-45(66)15-11-10-14-44(65)57-35-22-24-62(25-23-35)36-20-21-39(42(26-36)70-5)59-51-55-29-38(53)48(61-51)58-40-12-8-9-13-43(40)71(6,7)69/h8-9,12-13,16-21,26,29,31,35,37,41,47,64H,10-11,14-15,22-25,27-28,30H2,1-7H3,(H,54,67)(H,57,65)(H,60,66)(H2,55,58,59,61)/t37-,41+,47-/m1/s1. The number of unbranched alkanes of at least 4 members (excludes halogenated alkanes) is 1. The van der Waals surface area contributed by atoms with Crippen LogP contribution >= 0.6 is 30.1 Å². The maximum Gasteiger partial charge on any atom is 0.246 e. The number of methoxy groups -OCH3 is 1. The third-order valence-corrected chi connectivity index (χ3v) is 15.7. The van der Waals surface area contributed by atoms with Crippen LogP contribution in [0.3, 0.4) is 0 Å². The summed E-state index contributed by atoms with van der Waals surface area (Å²) in [5.41, 5.74) is 6.30. The number of aliphatic hydroxyl groups excluding tert-OH is 1. The van der Waals surface area contributed by atoms with Crippen LogP contribution in [0.2, 0.25) is 5.02 Å². The zero-order chi connectivity index (χ0) is 51.7. The number of nitrogens with zero attached hydrogens (tertiary/aromatic N) is 5. The van der Waals surface area contributed by atoms with Crippen LogP contribution in [-0.4, -0.2) is 113 Å². The van der Waals surface area contributed by atoms with Gasteiger partial charge in [-0.05, 0) is 86.7 Å². The minimum absolute atomic E-state index is 0.0114. The molecule has 6 N–H and O–H groups in total. The number of rotatable bonds is 19. The Kier molecular flexibility index (Phi) is 17.6. The molecule has 2 aliphatic heterocycles. The number of aliphatic hydroxyl groups is 1. The van der Waals surface area contributed by atoms with Crippen LogP contribution in [0, 0.1) is 12.3 Å². The molecule has 0 spiro atoms. The summed E-state index contributed by atoms with van der Waals surface area (Å²) < 4.78 is 18.7. The van der Waals surface area contributed by atoms with E-state index < -0.39 is 36.7 Å². The SMILES string of the molecule is COc1cc(N2CCC(NC(=O)CCCCC(=O)N[C@H](C(=O)N3C[C@H](O)C[C@H]3C(=O)NCc3ccc(-c4scnc4C)cc3)C(C)(C)C)CC2)ccc1Nc1ncc(Cl)c(Nc2ccccc2P(C)(C)=O)n1. The van der Waals surface area contributed by atoms with Gasteiger partial charge in [-0.2, -0.15) is 4.98 Å². The molecule has 3 atom stereocenters. The normalized spacial score (nSPS) is 16.7. The smallest absolute Gasteiger partial charge is 0.246 e. The highest BCUT2D eigenvalue weighted by Gasteiger charge is 2.44. The number of piperidine rings is 1. The van der Waals surface area contributed by atoms with Gasteiger partial charge in [0.1, 0.15) is 30.0 Å². The van der Waals surface area contributed by atoms with E-state index in [4.69, 9.17) is 16.3 Å². The molecule has 5 aromatic rings. The molecule has 4 amide bonds. The van der Waals surface area contributed by atoms with Crippen LogP contribution in [0.25, 0.3) is 10.4 Å². The summed E-state index contributed by atoms with van der Waals surface area (Å²) in [6, 6.07) is 19.3. The van der Waals surface area contributed by atoms with Crippen molar-refractivity contribution in [2.75, 3.05) is 55.6 Å². The highest BCUT2D eigenvalue weighted by atomic mass is 35.5. The van der Waals surface area contributed by atoms with Gasteiger partial charge >= 0.3 is 0 Å². The second-order valence-electron chi connectivity index (χ2n) is 19.9. The van der Waals surface area contributed by atoms with Crippen LogP contribution in [0.15, 0.2) is 78.4 Å². The van der Waals surface area contributed by atoms with Gasteiger partial charge in [0.05, 0.1) is 46.9 Å². The number of ether oxygens (including phenoxy) is 1. The van der Waals surface area contributed by atoms with Crippen LogP contribution in [-0.2, 0) is 30.3 Å². The molecule has 2 saturated heterocycles. The summed E-state index contributed by atoms with van der Waals surface area (Å²) in [6.07, 6.45) is 3.55. The number of halogens is 1. The van der Waals surface area contributed by atoms with Crippen molar-refractivity contribution in [1.82, 2.24) is 35.8 Å². The first-order valence-electron chi connectivity index (χ1n) is 24.3. The highest BCUT2D eigenvalue weighted by molar-refractivity contribution is 7.70. The molecule has 0 unspecified atom stereocenters. The largest absolute Gasteiger partial charge is 0.494 e. The van der Waals surface area contributed by atoms with Crippen LogP contribution < -0.4 is 41.5 Å². The zero-order valence-corrected chi connectivity index (χ0v) is 44.4. The number of aromatic nitrogens is 3. The molecule has 3 aromatic carbocycles. The van der Waals surface area contributed by atoms with Crippen molar-refractivity contribution in [3.05, 3.63) is 94.7 Å². The summed E-state index contributed by atoms with van der Waals surface area (Å²) in [4.78, 5) is 71.9. The number of amides is 4. The van der Waals surface area contributed by atoms with E-state index in [2.05, 4.69) is 46.4 Å². The van der Waals surface area contributed by atoms with E-state index in [0.29, 0.717) is 46.1 Å². The molecule has 17 nitrogen and oxygen atoms in total. The van der Waals surface area contributed by atoms with E-state index in [9.17, 15) is 28.8 Å². The molecular formula is C52H66ClN10O7PS. The summed E-state index contributed by atoms with van der Waals surface area (Å²) in [5.74, 6) is 0.0552. The Balaban J connectivity index is 0.835. The molecule has 0 saturated carbocycles. The maximum absolute atomic E-state index is 14.1. The van der Waals surface area contributed by atoms with Crippen molar-refractivity contribution < 1.29 is 33.6 Å². The van der Waals surface area contributed by atoms with E-state index in [1.54, 1.807) is 31.8 Å². The minimum atomic E-state index is -2.58. The number of likely N-dealkylation sites (tertiary alicyclic amines) is 1. The third kappa shape index (κ3) is 13.9. The molecule has 72 heavy (non-hydrogen) atoms. The first-order chi connectivity index (χ1) is 34.3. The molecule has 2 aromatic heterocycles. The molecule has 2 aliphatic rings. The van der Waals surface area contributed by atoms with E-state index in [1.807, 2.05) is 99.9 Å². The summed E-state index contributed by atoms with van der Waals surface area (Å²) in [7, 11) is -0.988. The average Bonchev–Trinajstić information content (AvgIpc) is 3.97. The van der Waals surface area contributed by atoms with Crippen LogP contribution in [0.5, 0.6) is 5.75 Å². The second-order valence-corrected chi connectivity index (χ2v) is 24.3. The highest BCUT2D eigenvalue weighted by Crippen LogP contribution is 2.39. The zero-order valence-electron chi connectivity index (χ0n) is 42.0. The Bertz CT molecular complexity index is 2770. The lowest BCUT2D eigenvalue weighted by atomic mass is 9.85. The van der Waals surface area contributed by atoms with Gasteiger partial charge in [-0.3, -0.25) is 19.2 Å². The van der Waals surface area contributed by atoms with E-state index >= 15 is 0 Å². The molecule has 4 heterocycles. The van der Waals surface area contributed by atoms with Crippen molar-refractivity contribution in [2.24, 2.45) is 5.41 Å². The summed E-state index contributed by atoms with van der Waals surface area (Å²) in [6.45, 7) is 12.6. The van der Waals surface area contributed by atoms with E-state index in [1.165, 1.54) is 11.1 Å². The lowest BCUT2D eigenvalue weighted by molar-refractivity contribution is -0.144. The molecule has 0 radical (unpaired) electrons. The van der Waals surface area contributed by atoms with Gasteiger partial charge < -0.3 is 50.8 Å². The predicted molar refractivity (Wildman–Crippen MR) is 286 cm³/mol. The Morgan fingerprint density at radius 2 is 1.65 bits per heavy atom. The van der Waals surface area contributed by atoms with Gasteiger partial charge in [-0.25, -0.2) is 9.97 Å². The Labute approximate surface area is 430 Å². The fraction of sp³-hybridized carbons (Fsp3) is 0.442. The van der Waals surface area contributed by atoms with Crippen LogP contribution in [0.1, 0.15) is 77.0 Å². The molecule has 20 heteroatoms. The number of hydrogen-bond donors (Lipinski definition) is 6. The number of para-hydroxylation sites is 1. The number of benzene rings is 3. The Morgan fingerprint density at radius 1 is 0.944 bits per heavy atom. The van der Waals surface area contributed by atoms with Crippen molar-refractivity contribution >= 4 is 87.8 Å². The monoisotopic (exact) mass is 1040 g/mol. The maximum atomic E-state index is 14.1. The van der Waals surface area contributed by atoms with E-state index in [0.717, 1.165) is 53.3 Å². The van der Waals surface area contributed by atoms with Crippen molar-refractivity contribution in [3.8, 4) is 16.2 Å².